The Hall–Kier alpha value is -2.97. The van der Waals surface area contributed by atoms with Gasteiger partial charge in [0, 0.05) is 36.8 Å². The van der Waals surface area contributed by atoms with Gasteiger partial charge in [-0.05, 0) is 56.6 Å². The maximum atomic E-state index is 12.3. The fraction of sp³-hybridized carbons (Fsp3) is 0.571. The molecule has 1 saturated heterocycles. The van der Waals surface area contributed by atoms with Crippen molar-refractivity contribution in [1.82, 2.24) is 15.2 Å². The predicted molar refractivity (Wildman–Crippen MR) is 108 cm³/mol. The molecule has 0 spiro atoms. The summed E-state index contributed by atoms with van der Waals surface area (Å²) in [5.41, 5.74) is 3.67. The highest BCUT2D eigenvalue weighted by Gasteiger charge is 2.31. The van der Waals surface area contributed by atoms with Gasteiger partial charge in [0.2, 0.25) is 11.8 Å². The predicted octanol–water partition coefficient (Wildman–Crippen LogP) is 1.03. The van der Waals surface area contributed by atoms with Gasteiger partial charge in [-0.3, -0.25) is 24.2 Å². The summed E-state index contributed by atoms with van der Waals surface area (Å²) < 4.78 is 0. The second-order valence-electron chi connectivity index (χ2n) is 7.51. The van der Waals surface area contributed by atoms with Crippen LogP contribution in [0.5, 0.6) is 0 Å². The molecule has 0 aromatic carbocycles. The van der Waals surface area contributed by atoms with Gasteiger partial charge < -0.3 is 20.4 Å². The molecule has 1 aliphatic carbocycles. The molecule has 1 unspecified atom stereocenters. The van der Waals surface area contributed by atoms with Crippen LogP contribution in [-0.2, 0) is 38.4 Å². The number of pyridine rings is 1. The molecule has 1 aromatic heterocycles. The summed E-state index contributed by atoms with van der Waals surface area (Å²) in [5, 5.41) is 18.6. The lowest BCUT2D eigenvalue weighted by Crippen LogP contribution is -2.45. The second-order valence-corrected chi connectivity index (χ2v) is 7.51. The number of carboxylic acid groups (broad SMARTS) is 2. The van der Waals surface area contributed by atoms with E-state index in [1.165, 1.54) is 29.0 Å². The lowest BCUT2D eigenvalue weighted by molar-refractivity contribution is -0.147. The number of carbonyl (C=O) groups is 4. The molecule has 30 heavy (non-hydrogen) atoms. The summed E-state index contributed by atoms with van der Waals surface area (Å²) in [4.78, 5) is 49.3. The molecule has 3 N–H and O–H groups in total. The number of nitrogens with zero attached hydrogens (tertiary/aromatic N) is 2. The van der Waals surface area contributed by atoms with Crippen LogP contribution >= 0.6 is 0 Å². The quantitative estimate of drug-likeness (QED) is 0.443. The minimum Gasteiger partial charge on any atom is -0.483 e. The van der Waals surface area contributed by atoms with E-state index in [9.17, 15) is 14.4 Å². The first-order chi connectivity index (χ1) is 14.4. The highest BCUT2D eigenvalue weighted by molar-refractivity contribution is 5.88. The van der Waals surface area contributed by atoms with E-state index in [2.05, 4.69) is 17.4 Å². The molecule has 2 aliphatic rings. The number of likely N-dealkylation sites (tertiary alicyclic amines) is 1. The fourth-order valence-corrected chi connectivity index (χ4v) is 3.82. The van der Waals surface area contributed by atoms with Crippen LogP contribution in [0.25, 0.3) is 0 Å². The van der Waals surface area contributed by atoms with E-state index in [0.717, 1.165) is 31.4 Å². The Morgan fingerprint density at radius 2 is 2.00 bits per heavy atom. The molecule has 1 aromatic rings. The lowest BCUT2D eigenvalue weighted by atomic mass is 9.95. The lowest BCUT2D eigenvalue weighted by Gasteiger charge is -2.29. The van der Waals surface area contributed by atoms with Crippen molar-refractivity contribution in [2.24, 2.45) is 5.92 Å². The van der Waals surface area contributed by atoms with Gasteiger partial charge in [-0.1, -0.05) is 6.07 Å². The van der Waals surface area contributed by atoms with E-state index >= 15 is 0 Å². The standard InChI is InChI=1S/C20H27N3O4.CH2O2/c24-18-12-15(9-11-23(18)13-19(25)26)20(27)21-10-3-5-16-8-7-14-4-1-2-6-17(14)22-16;2-1-3/h7-8,15H,1-6,9-13H2,(H,21,27)(H,25,26);1H,(H,2,3). The van der Waals surface area contributed by atoms with Crippen LogP contribution in [0.4, 0.5) is 0 Å². The molecule has 1 fully saturated rings. The number of rotatable bonds is 7. The van der Waals surface area contributed by atoms with Gasteiger partial charge in [-0.2, -0.15) is 0 Å². The molecule has 2 amide bonds. The third-order valence-corrected chi connectivity index (χ3v) is 5.36. The second kappa shape index (κ2) is 11.9. The van der Waals surface area contributed by atoms with Crippen LogP contribution in [0, 0.1) is 5.92 Å². The minimum atomic E-state index is -1.03. The third kappa shape index (κ3) is 7.13. The summed E-state index contributed by atoms with van der Waals surface area (Å²) in [6.07, 6.45) is 6.88. The zero-order chi connectivity index (χ0) is 21.9. The molecule has 0 radical (unpaired) electrons. The van der Waals surface area contributed by atoms with E-state index in [1.807, 2.05) is 0 Å². The zero-order valence-electron chi connectivity index (χ0n) is 17.0. The van der Waals surface area contributed by atoms with Gasteiger partial charge in [-0.25, -0.2) is 0 Å². The Morgan fingerprint density at radius 3 is 2.70 bits per heavy atom. The first-order valence-electron chi connectivity index (χ1n) is 10.3. The monoisotopic (exact) mass is 419 g/mol. The number of piperidine rings is 1. The van der Waals surface area contributed by atoms with E-state index in [-0.39, 0.29) is 37.2 Å². The Morgan fingerprint density at radius 1 is 1.27 bits per heavy atom. The zero-order valence-corrected chi connectivity index (χ0v) is 17.0. The van der Waals surface area contributed by atoms with Crippen molar-refractivity contribution in [2.75, 3.05) is 19.6 Å². The van der Waals surface area contributed by atoms with E-state index in [0.29, 0.717) is 19.5 Å². The number of aromatic nitrogens is 1. The Labute approximate surface area is 175 Å². The van der Waals surface area contributed by atoms with Gasteiger partial charge in [0.1, 0.15) is 6.54 Å². The van der Waals surface area contributed by atoms with Crippen molar-refractivity contribution in [2.45, 2.75) is 51.4 Å². The Balaban J connectivity index is 0.00000101. The van der Waals surface area contributed by atoms with Gasteiger partial charge in [0.05, 0.1) is 0 Å². The first-order valence-corrected chi connectivity index (χ1v) is 10.3. The van der Waals surface area contributed by atoms with Crippen LogP contribution in [0.1, 0.15) is 49.1 Å². The normalized spacial score (nSPS) is 17.9. The van der Waals surface area contributed by atoms with Crippen LogP contribution < -0.4 is 5.32 Å². The molecule has 1 aliphatic heterocycles. The maximum absolute atomic E-state index is 12.3. The maximum Gasteiger partial charge on any atom is 0.323 e. The Kier molecular flexibility index (Phi) is 9.24. The highest BCUT2D eigenvalue weighted by Crippen LogP contribution is 2.20. The summed E-state index contributed by atoms with van der Waals surface area (Å²) in [6.45, 7) is 0.338. The molecule has 9 nitrogen and oxygen atoms in total. The highest BCUT2D eigenvalue weighted by atomic mass is 16.4. The molecule has 0 bridgehead atoms. The van der Waals surface area contributed by atoms with Crippen molar-refractivity contribution < 1.29 is 29.4 Å². The van der Waals surface area contributed by atoms with E-state index < -0.39 is 5.97 Å². The summed E-state index contributed by atoms with van der Waals surface area (Å²) in [6, 6.07) is 4.27. The number of amides is 2. The number of hydrogen-bond donors (Lipinski definition) is 3. The van der Waals surface area contributed by atoms with Crippen molar-refractivity contribution in [3.63, 3.8) is 0 Å². The SMILES string of the molecule is O=C(O)CN1CCC(C(=O)NCCCc2ccc3c(n2)CCCC3)CC1=O.O=CO. The first kappa shape index (κ1) is 23.3. The average molecular weight is 419 g/mol. The van der Waals surface area contributed by atoms with Crippen molar-refractivity contribution in [3.8, 4) is 0 Å². The number of carbonyl (C=O) groups excluding carboxylic acids is 2. The molecule has 164 valence electrons. The molecule has 3 rings (SSSR count). The van der Waals surface area contributed by atoms with Crippen LogP contribution in [0.15, 0.2) is 12.1 Å². The smallest absolute Gasteiger partial charge is 0.323 e. The topological polar surface area (TPSA) is 137 Å². The van der Waals surface area contributed by atoms with Gasteiger partial charge in [-0.15, -0.1) is 0 Å². The summed E-state index contributed by atoms with van der Waals surface area (Å²) in [7, 11) is 0. The minimum absolute atomic E-state index is 0.0888. The average Bonchev–Trinajstić information content (AvgIpc) is 2.72. The number of aliphatic carboxylic acids is 1. The third-order valence-electron chi connectivity index (χ3n) is 5.36. The number of carboxylic acids is 1. The van der Waals surface area contributed by atoms with Crippen molar-refractivity contribution >= 4 is 24.3 Å². The van der Waals surface area contributed by atoms with Crippen molar-refractivity contribution in [1.29, 1.82) is 0 Å². The molecule has 9 heteroatoms. The van der Waals surface area contributed by atoms with Crippen LogP contribution in [-0.4, -0.2) is 64.0 Å². The number of hydrogen-bond acceptors (Lipinski definition) is 5. The summed E-state index contributed by atoms with van der Waals surface area (Å²) >= 11 is 0. The number of aryl methyl sites for hydroxylation is 3. The molecular weight excluding hydrogens is 390 g/mol. The van der Waals surface area contributed by atoms with Gasteiger partial charge >= 0.3 is 5.97 Å². The Bertz CT molecular complexity index is 767. The van der Waals surface area contributed by atoms with Gasteiger partial charge in [0.15, 0.2) is 0 Å². The van der Waals surface area contributed by atoms with Crippen LogP contribution in [0.3, 0.4) is 0 Å². The molecule has 1 atom stereocenters. The molecular formula is C21H29N3O6. The van der Waals surface area contributed by atoms with Crippen molar-refractivity contribution in [3.05, 3.63) is 29.1 Å². The van der Waals surface area contributed by atoms with E-state index in [1.54, 1.807) is 0 Å². The molecule has 0 saturated carbocycles. The number of fused-ring (bicyclic) bond motifs is 1. The largest absolute Gasteiger partial charge is 0.483 e. The number of nitrogens with one attached hydrogen (secondary N) is 1. The summed E-state index contributed by atoms with van der Waals surface area (Å²) in [5.74, 6) is -1.76. The molecule has 2 heterocycles. The van der Waals surface area contributed by atoms with Gasteiger partial charge in [0.25, 0.3) is 6.47 Å². The van der Waals surface area contributed by atoms with Crippen LogP contribution in [0.2, 0.25) is 0 Å². The van der Waals surface area contributed by atoms with E-state index in [4.69, 9.17) is 20.0 Å². The fourth-order valence-electron chi connectivity index (χ4n) is 3.82.